The lowest BCUT2D eigenvalue weighted by atomic mass is 10.1. The van der Waals surface area contributed by atoms with Crippen molar-refractivity contribution < 1.29 is 17.9 Å². The molecule has 0 N–H and O–H groups in total. The number of ether oxygens (including phenoxy) is 2. The summed E-state index contributed by atoms with van der Waals surface area (Å²) in [6, 6.07) is 13.1. The molecule has 2 heterocycles. The van der Waals surface area contributed by atoms with Crippen LogP contribution in [0.15, 0.2) is 47.4 Å². The molecule has 0 radical (unpaired) electrons. The number of sulfonamides is 1. The third-order valence-electron chi connectivity index (χ3n) is 5.61. The lowest BCUT2D eigenvalue weighted by Crippen LogP contribution is -2.31. The summed E-state index contributed by atoms with van der Waals surface area (Å²) in [5.74, 6) is 1.28. The molecule has 31 heavy (non-hydrogen) atoms. The largest absolute Gasteiger partial charge is 0.493 e. The van der Waals surface area contributed by atoms with Gasteiger partial charge in [-0.1, -0.05) is 17.7 Å². The van der Waals surface area contributed by atoms with Crippen molar-refractivity contribution in [2.24, 2.45) is 0 Å². The minimum absolute atomic E-state index is 0.288. The summed E-state index contributed by atoms with van der Waals surface area (Å²) in [5, 5.41) is 4.73. The van der Waals surface area contributed by atoms with E-state index in [1.807, 2.05) is 54.9 Å². The number of fused-ring (bicyclic) bond motifs is 1. The first-order chi connectivity index (χ1) is 14.8. The Morgan fingerprint density at radius 3 is 2.42 bits per heavy atom. The summed E-state index contributed by atoms with van der Waals surface area (Å²) in [4.78, 5) is 0.367. The number of methoxy groups -OCH3 is 2. The summed E-state index contributed by atoms with van der Waals surface area (Å²) in [6.07, 6.45) is 0.699. The van der Waals surface area contributed by atoms with Crippen LogP contribution < -0.4 is 9.47 Å². The minimum atomic E-state index is -3.59. The Labute approximate surface area is 183 Å². The lowest BCUT2D eigenvalue weighted by Gasteiger charge is -2.21. The smallest absolute Gasteiger partial charge is 0.243 e. The van der Waals surface area contributed by atoms with Gasteiger partial charge >= 0.3 is 0 Å². The van der Waals surface area contributed by atoms with Gasteiger partial charge in [0.1, 0.15) is 0 Å². The van der Waals surface area contributed by atoms with E-state index in [0.717, 1.165) is 28.1 Å². The molecule has 4 rings (SSSR count). The monoisotopic (exact) mass is 441 g/mol. The molecule has 1 aromatic heterocycles. The maximum atomic E-state index is 13.4. The Morgan fingerprint density at radius 1 is 0.935 bits per heavy atom. The van der Waals surface area contributed by atoms with E-state index in [4.69, 9.17) is 14.6 Å². The van der Waals surface area contributed by atoms with Crippen LogP contribution in [0.2, 0.25) is 0 Å². The Balaban J connectivity index is 1.66. The van der Waals surface area contributed by atoms with Gasteiger partial charge in [-0.2, -0.15) is 9.40 Å². The summed E-state index contributed by atoms with van der Waals surface area (Å²) >= 11 is 0. The van der Waals surface area contributed by atoms with E-state index < -0.39 is 10.0 Å². The highest BCUT2D eigenvalue weighted by Crippen LogP contribution is 2.33. The molecule has 0 bridgehead atoms. The molecule has 1 aliphatic heterocycles. The second-order valence-electron chi connectivity index (χ2n) is 7.77. The van der Waals surface area contributed by atoms with Crippen molar-refractivity contribution in [2.45, 2.75) is 38.3 Å². The summed E-state index contributed by atoms with van der Waals surface area (Å²) in [7, 11) is -0.400. The molecule has 1 aliphatic rings. The fraction of sp³-hybridized carbons (Fsp3) is 0.348. The number of benzene rings is 2. The fourth-order valence-electron chi connectivity index (χ4n) is 4.00. The van der Waals surface area contributed by atoms with Gasteiger partial charge < -0.3 is 9.47 Å². The van der Waals surface area contributed by atoms with Crippen molar-refractivity contribution >= 4 is 10.0 Å². The molecule has 0 aliphatic carbocycles. The van der Waals surface area contributed by atoms with E-state index in [1.54, 1.807) is 24.6 Å². The van der Waals surface area contributed by atoms with Crippen molar-refractivity contribution in [3.63, 3.8) is 0 Å². The molecule has 2 aromatic carbocycles. The Hall–Kier alpha value is -2.84. The first kappa shape index (κ1) is 21.4. The minimum Gasteiger partial charge on any atom is -0.493 e. The number of rotatable bonds is 5. The maximum Gasteiger partial charge on any atom is 0.243 e. The standard InChI is InChI=1S/C23H27N3O4S/c1-16-6-9-23(17(2)12-16)31(27,28)25-10-5-11-26-19(15-25)14-20(24-26)18-7-8-21(29-3)22(13-18)30-4/h6-9,12-14H,5,10-11,15H2,1-4H3. The van der Waals surface area contributed by atoms with Gasteiger partial charge in [-0.05, 0) is 56.2 Å². The topological polar surface area (TPSA) is 73.7 Å². The van der Waals surface area contributed by atoms with E-state index in [2.05, 4.69) is 0 Å². The SMILES string of the molecule is COc1ccc(-c2cc3n(n2)CCCN(S(=O)(=O)c2ccc(C)cc2C)C3)cc1OC. The van der Waals surface area contributed by atoms with Gasteiger partial charge in [-0.15, -0.1) is 0 Å². The molecule has 8 heteroatoms. The van der Waals surface area contributed by atoms with Crippen molar-refractivity contribution in [3.05, 3.63) is 59.3 Å². The normalized spacial score (nSPS) is 14.7. The zero-order chi connectivity index (χ0) is 22.2. The van der Waals surface area contributed by atoms with Gasteiger partial charge in [0.2, 0.25) is 10.0 Å². The zero-order valence-electron chi connectivity index (χ0n) is 18.3. The van der Waals surface area contributed by atoms with Crippen molar-refractivity contribution in [1.82, 2.24) is 14.1 Å². The average Bonchev–Trinajstić information content (AvgIpc) is 3.03. The van der Waals surface area contributed by atoms with Crippen LogP contribution >= 0.6 is 0 Å². The third-order valence-corrected chi connectivity index (χ3v) is 7.61. The second-order valence-corrected chi connectivity index (χ2v) is 9.68. The van der Waals surface area contributed by atoms with E-state index in [0.29, 0.717) is 35.9 Å². The third kappa shape index (κ3) is 4.05. The molecular formula is C23H27N3O4S. The molecule has 0 saturated heterocycles. The summed E-state index contributed by atoms with van der Waals surface area (Å²) in [6.45, 7) is 5.23. The number of hydrogen-bond acceptors (Lipinski definition) is 5. The number of aryl methyl sites for hydroxylation is 3. The predicted octanol–water partition coefficient (Wildman–Crippen LogP) is 3.78. The maximum absolute atomic E-state index is 13.4. The van der Waals surface area contributed by atoms with Crippen LogP contribution in [0.3, 0.4) is 0 Å². The fourth-order valence-corrected chi connectivity index (χ4v) is 5.66. The molecular weight excluding hydrogens is 414 g/mol. The van der Waals surface area contributed by atoms with Crippen molar-refractivity contribution in [1.29, 1.82) is 0 Å². The molecule has 164 valence electrons. The Morgan fingerprint density at radius 2 is 1.71 bits per heavy atom. The number of nitrogens with zero attached hydrogens (tertiary/aromatic N) is 3. The van der Waals surface area contributed by atoms with Gasteiger partial charge in [0, 0.05) is 18.7 Å². The van der Waals surface area contributed by atoms with Crippen LogP contribution in [0.25, 0.3) is 11.3 Å². The highest BCUT2D eigenvalue weighted by molar-refractivity contribution is 7.89. The van der Waals surface area contributed by atoms with Crippen LogP contribution in [0.1, 0.15) is 23.2 Å². The quantitative estimate of drug-likeness (QED) is 0.602. The summed E-state index contributed by atoms with van der Waals surface area (Å²) < 4.78 is 40.9. The van der Waals surface area contributed by atoms with E-state index in [9.17, 15) is 8.42 Å². The first-order valence-electron chi connectivity index (χ1n) is 10.2. The number of aromatic nitrogens is 2. The highest BCUT2D eigenvalue weighted by Gasteiger charge is 2.29. The molecule has 0 unspecified atom stereocenters. The number of hydrogen-bond donors (Lipinski definition) is 0. The van der Waals surface area contributed by atoms with E-state index in [1.165, 1.54) is 0 Å². The molecule has 0 saturated carbocycles. The van der Waals surface area contributed by atoms with Gasteiger partial charge in [0.25, 0.3) is 0 Å². The zero-order valence-corrected chi connectivity index (χ0v) is 19.1. The van der Waals surface area contributed by atoms with Gasteiger partial charge in [-0.3, -0.25) is 4.68 Å². The van der Waals surface area contributed by atoms with Crippen LogP contribution in [-0.4, -0.2) is 43.3 Å². The Bertz CT molecular complexity index is 1220. The van der Waals surface area contributed by atoms with Gasteiger partial charge in [-0.25, -0.2) is 8.42 Å². The van der Waals surface area contributed by atoms with Crippen LogP contribution in [0, 0.1) is 13.8 Å². The molecule has 7 nitrogen and oxygen atoms in total. The highest BCUT2D eigenvalue weighted by atomic mass is 32.2. The lowest BCUT2D eigenvalue weighted by molar-refractivity contribution is 0.355. The predicted molar refractivity (Wildman–Crippen MR) is 119 cm³/mol. The first-order valence-corrected chi connectivity index (χ1v) is 11.6. The van der Waals surface area contributed by atoms with E-state index >= 15 is 0 Å². The second kappa shape index (κ2) is 8.36. The molecule has 0 atom stereocenters. The molecule has 0 amide bonds. The van der Waals surface area contributed by atoms with Crippen molar-refractivity contribution in [2.75, 3.05) is 20.8 Å². The van der Waals surface area contributed by atoms with Gasteiger partial charge in [0.15, 0.2) is 11.5 Å². The van der Waals surface area contributed by atoms with Gasteiger partial charge in [0.05, 0.1) is 37.0 Å². The van der Waals surface area contributed by atoms with Crippen LogP contribution in [-0.2, 0) is 23.1 Å². The van der Waals surface area contributed by atoms with Crippen LogP contribution in [0.5, 0.6) is 11.5 Å². The summed E-state index contributed by atoms with van der Waals surface area (Å²) in [5.41, 5.74) is 4.35. The Kier molecular flexibility index (Phi) is 5.77. The average molecular weight is 442 g/mol. The molecule has 0 fully saturated rings. The van der Waals surface area contributed by atoms with Crippen LogP contribution in [0.4, 0.5) is 0 Å². The van der Waals surface area contributed by atoms with E-state index in [-0.39, 0.29) is 6.54 Å². The molecule has 0 spiro atoms. The van der Waals surface area contributed by atoms with Crippen molar-refractivity contribution in [3.8, 4) is 22.8 Å². The molecule has 3 aromatic rings.